The fourth-order valence-electron chi connectivity index (χ4n) is 1.20. The van der Waals surface area contributed by atoms with E-state index in [4.69, 9.17) is 11.6 Å². The molecule has 0 saturated carbocycles. The van der Waals surface area contributed by atoms with Crippen molar-refractivity contribution in [3.8, 4) is 0 Å². The van der Waals surface area contributed by atoms with E-state index < -0.39 is 0 Å². The van der Waals surface area contributed by atoms with Crippen molar-refractivity contribution in [3.05, 3.63) is 35.9 Å². The van der Waals surface area contributed by atoms with Gasteiger partial charge >= 0.3 is 0 Å². The molecule has 1 heterocycles. The lowest BCUT2D eigenvalue weighted by Gasteiger charge is -2.20. The minimum absolute atomic E-state index is 0.390. The van der Waals surface area contributed by atoms with Crippen molar-refractivity contribution in [2.24, 2.45) is 0 Å². The summed E-state index contributed by atoms with van der Waals surface area (Å²) in [6.45, 7) is 0. The quantitative estimate of drug-likeness (QED) is 0.481. The standard InChI is InChI=1S/C10H11ClS/c11-10(12-7-4-8-12)9-5-2-1-3-6-9/h1-3,5-6H,4,7-8H2. The first-order chi connectivity index (χ1) is 5.88. The van der Waals surface area contributed by atoms with Crippen LogP contribution >= 0.6 is 22.1 Å². The first-order valence-corrected chi connectivity index (χ1v) is 6.07. The summed E-state index contributed by atoms with van der Waals surface area (Å²) in [5.74, 6) is 2.60. The van der Waals surface area contributed by atoms with Crippen molar-refractivity contribution < 1.29 is 0 Å². The molecule has 1 saturated heterocycles. The molecule has 64 valence electrons. The van der Waals surface area contributed by atoms with Crippen LogP contribution in [0.25, 0.3) is 0 Å². The Kier molecular flexibility index (Phi) is 2.52. The molecule has 0 bridgehead atoms. The minimum Gasteiger partial charge on any atom is -0.167 e. The Morgan fingerprint density at radius 3 is 2.33 bits per heavy atom. The molecule has 1 fully saturated rings. The van der Waals surface area contributed by atoms with Gasteiger partial charge in [0.05, 0.1) is 4.32 Å². The summed E-state index contributed by atoms with van der Waals surface area (Å²) in [5.41, 5.74) is 1.21. The zero-order chi connectivity index (χ0) is 8.39. The van der Waals surface area contributed by atoms with Crippen molar-refractivity contribution in [2.45, 2.75) is 6.42 Å². The Bertz CT molecular complexity index is 297. The maximum atomic E-state index is 6.24. The summed E-state index contributed by atoms with van der Waals surface area (Å²) >= 11 is 6.24. The second kappa shape index (κ2) is 3.63. The third-order valence-electron chi connectivity index (χ3n) is 2.04. The van der Waals surface area contributed by atoms with Gasteiger partial charge < -0.3 is 0 Å². The van der Waals surface area contributed by atoms with E-state index in [1.807, 2.05) is 18.2 Å². The monoisotopic (exact) mass is 198 g/mol. The van der Waals surface area contributed by atoms with E-state index in [1.54, 1.807) is 0 Å². The number of rotatable bonds is 1. The van der Waals surface area contributed by atoms with E-state index in [2.05, 4.69) is 12.1 Å². The molecule has 0 aliphatic carbocycles. The largest absolute Gasteiger partial charge is 0.167 e. The molecular formula is C10H11ClS. The molecule has 0 nitrogen and oxygen atoms in total. The summed E-state index contributed by atoms with van der Waals surface area (Å²) in [6, 6.07) is 10.3. The maximum absolute atomic E-state index is 6.24. The molecule has 1 aromatic carbocycles. The van der Waals surface area contributed by atoms with Crippen LogP contribution in [0.1, 0.15) is 12.0 Å². The molecule has 0 amide bonds. The lowest BCUT2D eigenvalue weighted by atomic mass is 10.2. The summed E-state index contributed by atoms with van der Waals surface area (Å²) < 4.78 is 1.09. The number of hydrogen-bond donors (Lipinski definition) is 0. The molecule has 0 unspecified atom stereocenters. The van der Waals surface area contributed by atoms with Gasteiger partial charge in [-0.05, 0) is 23.5 Å². The highest BCUT2D eigenvalue weighted by atomic mass is 35.5. The average Bonchev–Trinajstić information content (AvgIpc) is 2.03. The van der Waals surface area contributed by atoms with Gasteiger partial charge in [0, 0.05) is 0 Å². The molecule has 0 N–H and O–H groups in total. The second-order valence-electron chi connectivity index (χ2n) is 2.89. The maximum Gasteiger partial charge on any atom is 0.0715 e. The molecule has 1 aliphatic heterocycles. The first kappa shape index (κ1) is 8.33. The van der Waals surface area contributed by atoms with Gasteiger partial charge in [-0.1, -0.05) is 41.9 Å². The molecule has 1 aromatic rings. The zero-order valence-corrected chi connectivity index (χ0v) is 8.37. The zero-order valence-electron chi connectivity index (χ0n) is 6.79. The van der Waals surface area contributed by atoms with Gasteiger partial charge in [-0.15, -0.1) is 0 Å². The van der Waals surface area contributed by atoms with Crippen LogP contribution in [-0.2, 0) is 0 Å². The van der Waals surface area contributed by atoms with Gasteiger partial charge in [0.25, 0.3) is 0 Å². The summed E-state index contributed by atoms with van der Waals surface area (Å²) in [5, 5.41) is 0. The van der Waals surface area contributed by atoms with Crippen LogP contribution in [0.4, 0.5) is 0 Å². The predicted octanol–water partition coefficient (Wildman–Crippen LogP) is 3.08. The second-order valence-corrected chi connectivity index (χ2v) is 5.71. The first-order valence-electron chi connectivity index (χ1n) is 4.13. The van der Waals surface area contributed by atoms with Crippen LogP contribution in [0, 0.1) is 0 Å². The van der Waals surface area contributed by atoms with Crippen LogP contribution < -0.4 is 0 Å². The summed E-state index contributed by atoms with van der Waals surface area (Å²) in [7, 11) is 0.390. The molecule has 0 atom stereocenters. The van der Waals surface area contributed by atoms with E-state index in [0.29, 0.717) is 10.5 Å². The van der Waals surface area contributed by atoms with Gasteiger partial charge in [0.15, 0.2) is 0 Å². The fraction of sp³-hybridized carbons (Fsp3) is 0.300. The highest BCUT2D eigenvalue weighted by Gasteiger charge is 2.12. The Hall–Kier alpha value is -0.270. The Morgan fingerprint density at radius 1 is 1.17 bits per heavy atom. The Balaban J connectivity index is 2.31. The van der Waals surface area contributed by atoms with Gasteiger partial charge in [0.2, 0.25) is 0 Å². The number of benzene rings is 1. The van der Waals surface area contributed by atoms with E-state index in [0.717, 1.165) is 4.32 Å². The van der Waals surface area contributed by atoms with Crippen molar-refractivity contribution in [2.75, 3.05) is 11.5 Å². The molecule has 12 heavy (non-hydrogen) atoms. The minimum atomic E-state index is 0.390. The topological polar surface area (TPSA) is 0 Å². The van der Waals surface area contributed by atoms with Gasteiger partial charge in [-0.2, -0.15) is 10.5 Å². The fourth-order valence-corrected chi connectivity index (χ4v) is 3.20. The van der Waals surface area contributed by atoms with Gasteiger partial charge in [0.1, 0.15) is 0 Å². The number of halogens is 1. The van der Waals surface area contributed by atoms with Gasteiger partial charge in [-0.3, -0.25) is 0 Å². The SMILES string of the molecule is ClC(c1ccccc1)=S1CCC1. The van der Waals surface area contributed by atoms with Crippen molar-refractivity contribution in [1.29, 1.82) is 0 Å². The van der Waals surface area contributed by atoms with Gasteiger partial charge in [-0.25, -0.2) is 0 Å². The third-order valence-corrected chi connectivity index (χ3v) is 5.21. The third kappa shape index (κ3) is 1.57. The van der Waals surface area contributed by atoms with Crippen LogP contribution in [-0.4, -0.2) is 15.8 Å². The highest BCUT2D eigenvalue weighted by molar-refractivity contribution is 8.18. The Morgan fingerprint density at radius 2 is 1.83 bits per heavy atom. The van der Waals surface area contributed by atoms with Crippen LogP contribution in [0.15, 0.2) is 30.3 Å². The smallest absolute Gasteiger partial charge is 0.0715 e. The lowest BCUT2D eigenvalue weighted by molar-refractivity contribution is 1.06. The van der Waals surface area contributed by atoms with Crippen molar-refractivity contribution in [3.63, 3.8) is 0 Å². The normalized spacial score (nSPS) is 17.1. The van der Waals surface area contributed by atoms with Crippen LogP contribution in [0.2, 0.25) is 0 Å². The summed E-state index contributed by atoms with van der Waals surface area (Å²) in [6.07, 6.45) is 1.35. The average molecular weight is 199 g/mol. The molecule has 1 aliphatic rings. The Labute approximate surface area is 80.5 Å². The molecule has 2 heteroatoms. The molecule has 2 rings (SSSR count). The lowest BCUT2D eigenvalue weighted by Crippen LogP contribution is -2.07. The van der Waals surface area contributed by atoms with E-state index >= 15 is 0 Å². The molecule has 0 aromatic heterocycles. The number of hydrogen-bond acceptors (Lipinski definition) is 0. The van der Waals surface area contributed by atoms with E-state index in [9.17, 15) is 0 Å². The van der Waals surface area contributed by atoms with E-state index in [-0.39, 0.29) is 0 Å². The van der Waals surface area contributed by atoms with E-state index in [1.165, 1.54) is 23.5 Å². The predicted molar refractivity (Wildman–Crippen MR) is 58.3 cm³/mol. The molecule has 0 radical (unpaired) electrons. The summed E-state index contributed by atoms with van der Waals surface area (Å²) in [4.78, 5) is 0. The van der Waals surface area contributed by atoms with Crippen LogP contribution in [0.5, 0.6) is 0 Å². The molecule has 0 spiro atoms. The molecular weight excluding hydrogens is 188 g/mol. The van der Waals surface area contributed by atoms with Crippen molar-refractivity contribution >= 4 is 26.4 Å². The van der Waals surface area contributed by atoms with Crippen LogP contribution in [0.3, 0.4) is 0 Å². The highest BCUT2D eigenvalue weighted by Crippen LogP contribution is 2.31. The van der Waals surface area contributed by atoms with Crippen molar-refractivity contribution in [1.82, 2.24) is 0 Å².